The van der Waals surface area contributed by atoms with E-state index in [4.69, 9.17) is 5.73 Å². The summed E-state index contributed by atoms with van der Waals surface area (Å²) in [5.74, 6) is -1.37. The number of carbonyl (C=O) groups excluding carboxylic acids is 3. The van der Waals surface area contributed by atoms with Gasteiger partial charge in [-0.3, -0.25) is 24.3 Å². The highest BCUT2D eigenvalue weighted by atomic mass is 16.2. The highest BCUT2D eigenvalue weighted by molar-refractivity contribution is 6.23. The van der Waals surface area contributed by atoms with Gasteiger partial charge in [0.25, 0.3) is 17.4 Å². The van der Waals surface area contributed by atoms with E-state index in [1.807, 2.05) is 0 Å². The first-order valence-electron chi connectivity index (χ1n) is 7.05. The lowest BCUT2D eigenvalue weighted by molar-refractivity contribution is 0.0880. The summed E-state index contributed by atoms with van der Waals surface area (Å²) >= 11 is 0. The number of fused-ring (bicyclic) bond motifs is 2. The Bertz CT molecular complexity index is 1010. The van der Waals surface area contributed by atoms with E-state index in [9.17, 15) is 19.2 Å². The van der Waals surface area contributed by atoms with Crippen LogP contribution in [0.4, 0.5) is 16.3 Å². The molecule has 0 fully saturated rings. The van der Waals surface area contributed by atoms with E-state index in [0.717, 1.165) is 16.2 Å². The standard InChI is InChI=1S/C15H11N5O4/c16-12-11-8(13(22)19-14(11)23)4-10(21)20(12)7-1-2-9-6(3-7)5-17-15(24)18-9/h1-4H,5,16H2,(H2,17,18,24)(H,19,22,23). The van der Waals surface area contributed by atoms with E-state index < -0.39 is 17.4 Å². The van der Waals surface area contributed by atoms with E-state index in [0.29, 0.717) is 17.9 Å². The molecule has 0 unspecified atom stereocenters. The largest absolute Gasteiger partial charge is 0.384 e. The van der Waals surface area contributed by atoms with E-state index >= 15 is 0 Å². The normalized spacial score (nSPS) is 15.2. The van der Waals surface area contributed by atoms with Gasteiger partial charge in [-0.25, -0.2) is 4.79 Å². The average molecular weight is 325 g/mol. The molecule has 2 aliphatic rings. The van der Waals surface area contributed by atoms with Crippen LogP contribution in [0.1, 0.15) is 26.3 Å². The minimum absolute atomic E-state index is 0.0104. The number of pyridine rings is 1. The van der Waals surface area contributed by atoms with Gasteiger partial charge in [-0.1, -0.05) is 0 Å². The molecule has 5 N–H and O–H groups in total. The van der Waals surface area contributed by atoms with E-state index in [1.54, 1.807) is 18.2 Å². The Labute approximate surface area is 134 Å². The number of anilines is 2. The lowest BCUT2D eigenvalue weighted by Gasteiger charge is -2.20. The molecule has 120 valence electrons. The molecular formula is C15H11N5O4. The third-order valence-electron chi connectivity index (χ3n) is 3.99. The second-order valence-corrected chi connectivity index (χ2v) is 5.42. The van der Waals surface area contributed by atoms with Crippen LogP contribution in [-0.4, -0.2) is 22.4 Å². The molecule has 4 rings (SSSR count). The lowest BCUT2D eigenvalue weighted by Crippen LogP contribution is -2.33. The zero-order valence-electron chi connectivity index (χ0n) is 12.2. The van der Waals surface area contributed by atoms with Crippen molar-refractivity contribution in [3.05, 3.63) is 51.3 Å². The highest BCUT2D eigenvalue weighted by Gasteiger charge is 2.32. The number of hydrogen-bond donors (Lipinski definition) is 4. The number of rotatable bonds is 1. The van der Waals surface area contributed by atoms with Crippen molar-refractivity contribution in [1.29, 1.82) is 0 Å². The molecule has 9 nitrogen and oxygen atoms in total. The van der Waals surface area contributed by atoms with Crippen LogP contribution in [0, 0.1) is 0 Å². The minimum atomic E-state index is -0.636. The van der Waals surface area contributed by atoms with Gasteiger partial charge in [0.15, 0.2) is 0 Å². The average Bonchev–Trinajstić information content (AvgIpc) is 2.81. The summed E-state index contributed by atoms with van der Waals surface area (Å²) in [6, 6.07) is 5.71. The molecule has 1 aromatic carbocycles. The van der Waals surface area contributed by atoms with Crippen LogP contribution in [0.5, 0.6) is 0 Å². The Morgan fingerprint density at radius 3 is 2.58 bits per heavy atom. The van der Waals surface area contributed by atoms with Gasteiger partial charge in [-0.15, -0.1) is 0 Å². The number of imide groups is 1. The van der Waals surface area contributed by atoms with Gasteiger partial charge >= 0.3 is 6.03 Å². The summed E-state index contributed by atoms with van der Waals surface area (Å²) < 4.78 is 1.16. The Hall–Kier alpha value is -3.62. The maximum absolute atomic E-state index is 12.4. The Kier molecular flexibility index (Phi) is 2.73. The maximum Gasteiger partial charge on any atom is 0.319 e. The number of carbonyl (C=O) groups is 3. The molecule has 0 aliphatic carbocycles. The van der Waals surface area contributed by atoms with Crippen LogP contribution in [0.3, 0.4) is 0 Å². The fourth-order valence-corrected chi connectivity index (χ4v) is 2.88. The number of aromatic nitrogens is 1. The molecule has 0 radical (unpaired) electrons. The smallest absolute Gasteiger partial charge is 0.319 e. The molecule has 2 aromatic rings. The quantitative estimate of drug-likeness (QED) is 0.545. The molecule has 0 saturated carbocycles. The van der Waals surface area contributed by atoms with Crippen LogP contribution < -0.4 is 27.2 Å². The van der Waals surface area contributed by atoms with Crippen molar-refractivity contribution in [3.8, 4) is 5.69 Å². The molecule has 0 saturated heterocycles. The third-order valence-corrected chi connectivity index (χ3v) is 3.99. The Morgan fingerprint density at radius 2 is 1.79 bits per heavy atom. The van der Waals surface area contributed by atoms with E-state index in [1.165, 1.54) is 0 Å². The first-order chi connectivity index (χ1) is 11.5. The van der Waals surface area contributed by atoms with Crippen molar-refractivity contribution < 1.29 is 14.4 Å². The minimum Gasteiger partial charge on any atom is -0.384 e. The fourth-order valence-electron chi connectivity index (χ4n) is 2.88. The molecule has 1 aromatic heterocycles. The lowest BCUT2D eigenvalue weighted by atomic mass is 10.1. The van der Waals surface area contributed by atoms with Gasteiger partial charge in [-0.2, -0.15) is 0 Å². The third kappa shape index (κ3) is 1.88. The van der Waals surface area contributed by atoms with Crippen molar-refractivity contribution in [2.45, 2.75) is 6.54 Å². The number of nitrogens with zero attached hydrogens (tertiary/aromatic N) is 1. The molecule has 3 heterocycles. The Morgan fingerprint density at radius 1 is 1.00 bits per heavy atom. The molecule has 24 heavy (non-hydrogen) atoms. The first-order valence-corrected chi connectivity index (χ1v) is 7.05. The molecule has 2 aliphatic heterocycles. The zero-order valence-corrected chi connectivity index (χ0v) is 12.2. The number of amides is 4. The zero-order chi connectivity index (χ0) is 17.0. The number of nitrogen functional groups attached to an aromatic ring is 1. The summed E-state index contributed by atoms with van der Waals surface area (Å²) in [6.07, 6.45) is 0. The van der Waals surface area contributed by atoms with E-state index in [2.05, 4.69) is 16.0 Å². The van der Waals surface area contributed by atoms with Gasteiger partial charge in [0, 0.05) is 18.3 Å². The second kappa shape index (κ2) is 4.69. The van der Waals surface area contributed by atoms with Crippen LogP contribution in [0.15, 0.2) is 29.1 Å². The molecule has 0 bridgehead atoms. The SMILES string of the molecule is Nc1c2c(cc(=O)n1-c1ccc3c(c1)CNC(=O)N3)C(=O)NC2=O. The van der Waals surface area contributed by atoms with Crippen LogP contribution in [-0.2, 0) is 6.54 Å². The predicted octanol–water partition coefficient (Wildman–Crippen LogP) is -0.0616. The van der Waals surface area contributed by atoms with Gasteiger partial charge < -0.3 is 16.4 Å². The molecule has 4 amide bonds. The fraction of sp³-hybridized carbons (Fsp3) is 0.0667. The first kappa shape index (κ1) is 14.0. The van der Waals surface area contributed by atoms with Crippen molar-refractivity contribution >= 4 is 29.4 Å². The van der Waals surface area contributed by atoms with Crippen molar-refractivity contribution in [2.75, 3.05) is 11.1 Å². The van der Waals surface area contributed by atoms with Crippen molar-refractivity contribution in [1.82, 2.24) is 15.2 Å². The van der Waals surface area contributed by atoms with E-state index in [-0.39, 0.29) is 23.0 Å². The number of nitrogens with two attached hydrogens (primary N) is 1. The number of nitrogens with one attached hydrogen (secondary N) is 3. The summed E-state index contributed by atoms with van der Waals surface area (Å²) in [5, 5.41) is 7.38. The topological polar surface area (TPSA) is 135 Å². The second-order valence-electron chi connectivity index (χ2n) is 5.42. The highest BCUT2D eigenvalue weighted by Crippen LogP contribution is 2.26. The van der Waals surface area contributed by atoms with Crippen LogP contribution >= 0.6 is 0 Å². The van der Waals surface area contributed by atoms with Crippen molar-refractivity contribution in [3.63, 3.8) is 0 Å². The van der Waals surface area contributed by atoms with Gasteiger partial charge in [0.2, 0.25) is 0 Å². The monoisotopic (exact) mass is 325 g/mol. The predicted molar refractivity (Wildman–Crippen MR) is 84.1 cm³/mol. The van der Waals surface area contributed by atoms with Crippen molar-refractivity contribution in [2.24, 2.45) is 0 Å². The summed E-state index contributed by atoms with van der Waals surface area (Å²) in [4.78, 5) is 47.2. The molecule has 0 spiro atoms. The van der Waals surface area contributed by atoms with Gasteiger partial charge in [0.05, 0.1) is 16.8 Å². The Balaban J connectivity index is 1.91. The van der Waals surface area contributed by atoms with Crippen LogP contribution in [0.25, 0.3) is 5.69 Å². The molecule has 9 heteroatoms. The summed E-state index contributed by atoms with van der Waals surface area (Å²) in [5.41, 5.74) is 7.25. The maximum atomic E-state index is 12.4. The van der Waals surface area contributed by atoms with Gasteiger partial charge in [0.1, 0.15) is 5.82 Å². The number of urea groups is 1. The molecular weight excluding hydrogens is 314 g/mol. The van der Waals surface area contributed by atoms with Gasteiger partial charge in [-0.05, 0) is 23.8 Å². The summed E-state index contributed by atoms with van der Waals surface area (Å²) in [6.45, 7) is 0.299. The number of hydrogen-bond acceptors (Lipinski definition) is 5. The summed E-state index contributed by atoms with van der Waals surface area (Å²) in [7, 11) is 0. The number of benzene rings is 1. The molecule has 0 atom stereocenters. The van der Waals surface area contributed by atoms with Crippen LogP contribution in [0.2, 0.25) is 0 Å².